The molecule has 6 heteroatoms. The Kier molecular flexibility index (Phi) is 7.04. The highest BCUT2D eigenvalue weighted by Crippen LogP contribution is 2.34. The van der Waals surface area contributed by atoms with Crippen molar-refractivity contribution in [3.63, 3.8) is 0 Å². The SMILES string of the molecule is COc1ccccc1-c1ccccc1CN1CCCC(c2ncc(C(=O)N(C)C)c(C)n2)C1. The van der Waals surface area contributed by atoms with Crippen LogP contribution in [-0.2, 0) is 6.54 Å². The van der Waals surface area contributed by atoms with E-state index in [2.05, 4.69) is 46.3 Å². The van der Waals surface area contributed by atoms with Crippen molar-refractivity contribution in [3.05, 3.63) is 77.4 Å². The first-order valence-electron chi connectivity index (χ1n) is 11.5. The summed E-state index contributed by atoms with van der Waals surface area (Å²) in [5.41, 5.74) is 4.92. The number of likely N-dealkylation sites (tertiary alicyclic amines) is 1. The van der Waals surface area contributed by atoms with Gasteiger partial charge in [-0.3, -0.25) is 9.69 Å². The van der Waals surface area contributed by atoms with E-state index in [0.29, 0.717) is 5.56 Å². The number of aryl methyl sites for hydroxylation is 1. The summed E-state index contributed by atoms with van der Waals surface area (Å²) >= 11 is 0. The van der Waals surface area contributed by atoms with Gasteiger partial charge < -0.3 is 9.64 Å². The summed E-state index contributed by atoms with van der Waals surface area (Å²) in [5, 5.41) is 0. The van der Waals surface area contributed by atoms with Crippen LogP contribution in [0.25, 0.3) is 11.1 Å². The van der Waals surface area contributed by atoms with Crippen molar-refractivity contribution >= 4 is 5.91 Å². The number of para-hydroxylation sites is 1. The Labute approximate surface area is 196 Å². The molecule has 0 N–H and O–H groups in total. The van der Waals surface area contributed by atoms with E-state index in [1.54, 1.807) is 32.3 Å². The summed E-state index contributed by atoms with van der Waals surface area (Å²) in [7, 11) is 5.21. The largest absolute Gasteiger partial charge is 0.496 e. The van der Waals surface area contributed by atoms with Crippen LogP contribution in [0, 0.1) is 6.92 Å². The molecule has 1 unspecified atom stereocenters. The number of hydrogen-bond donors (Lipinski definition) is 0. The molecule has 4 rings (SSSR count). The molecule has 1 aliphatic heterocycles. The van der Waals surface area contributed by atoms with Gasteiger partial charge in [0.1, 0.15) is 11.6 Å². The predicted octanol–water partition coefficient (Wildman–Crippen LogP) is 4.54. The van der Waals surface area contributed by atoms with Crippen LogP contribution in [0.1, 0.15) is 46.2 Å². The van der Waals surface area contributed by atoms with Crippen LogP contribution in [0.3, 0.4) is 0 Å². The van der Waals surface area contributed by atoms with Crippen LogP contribution in [0.5, 0.6) is 5.75 Å². The fourth-order valence-corrected chi connectivity index (χ4v) is 4.57. The number of aromatic nitrogens is 2. The van der Waals surface area contributed by atoms with Crippen LogP contribution >= 0.6 is 0 Å². The number of ether oxygens (including phenoxy) is 1. The first-order valence-corrected chi connectivity index (χ1v) is 11.5. The Balaban J connectivity index is 1.53. The van der Waals surface area contributed by atoms with Gasteiger partial charge >= 0.3 is 0 Å². The summed E-state index contributed by atoms with van der Waals surface area (Å²) in [6.07, 6.45) is 3.85. The van der Waals surface area contributed by atoms with E-state index in [1.165, 1.54) is 11.1 Å². The van der Waals surface area contributed by atoms with Crippen molar-refractivity contribution < 1.29 is 9.53 Å². The van der Waals surface area contributed by atoms with Crippen molar-refractivity contribution in [2.45, 2.75) is 32.2 Å². The Morgan fingerprint density at radius 2 is 1.85 bits per heavy atom. The molecule has 1 fully saturated rings. The molecule has 0 saturated carbocycles. The average Bonchev–Trinajstić information content (AvgIpc) is 2.84. The molecule has 0 bridgehead atoms. The molecular weight excluding hydrogens is 412 g/mol. The molecule has 1 saturated heterocycles. The summed E-state index contributed by atoms with van der Waals surface area (Å²) in [6, 6.07) is 16.7. The van der Waals surface area contributed by atoms with E-state index in [9.17, 15) is 4.79 Å². The van der Waals surface area contributed by atoms with Gasteiger partial charge in [0.2, 0.25) is 0 Å². The molecule has 2 aromatic carbocycles. The molecule has 33 heavy (non-hydrogen) atoms. The van der Waals surface area contributed by atoms with Crippen molar-refractivity contribution in [2.75, 3.05) is 34.3 Å². The number of piperidine rings is 1. The van der Waals surface area contributed by atoms with Crippen molar-refractivity contribution in [2.24, 2.45) is 0 Å². The van der Waals surface area contributed by atoms with E-state index in [0.717, 1.165) is 55.3 Å². The molecule has 0 spiro atoms. The van der Waals surface area contributed by atoms with Gasteiger partial charge in [0.05, 0.1) is 18.4 Å². The molecule has 1 atom stereocenters. The number of nitrogens with zero attached hydrogens (tertiary/aromatic N) is 4. The maximum absolute atomic E-state index is 12.3. The Bertz CT molecular complexity index is 1130. The molecule has 1 aliphatic rings. The summed E-state index contributed by atoms with van der Waals surface area (Å²) in [4.78, 5) is 25.7. The lowest BCUT2D eigenvalue weighted by molar-refractivity contribution is 0.0825. The lowest BCUT2D eigenvalue weighted by Gasteiger charge is -2.32. The molecule has 6 nitrogen and oxygen atoms in total. The standard InChI is InChI=1S/C27H32N4O2/c1-19-24(27(32)30(2)3)16-28-26(29-19)21-11-9-15-31(18-21)17-20-10-5-6-12-22(20)23-13-7-8-14-25(23)33-4/h5-8,10,12-14,16,21H,9,11,15,17-18H2,1-4H3. The third-order valence-electron chi connectivity index (χ3n) is 6.31. The highest BCUT2D eigenvalue weighted by molar-refractivity contribution is 5.94. The van der Waals surface area contributed by atoms with Gasteiger partial charge in [0.25, 0.3) is 5.91 Å². The Morgan fingerprint density at radius 1 is 1.12 bits per heavy atom. The number of rotatable bonds is 6. The molecule has 1 amide bonds. The van der Waals surface area contributed by atoms with E-state index in [4.69, 9.17) is 9.72 Å². The topological polar surface area (TPSA) is 58.6 Å². The number of methoxy groups -OCH3 is 1. The number of carbonyl (C=O) groups is 1. The number of amides is 1. The second-order valence-electron chi connectivity index (χ2n) is 8.86. The highest BCUT2D eigenvalue weighted by Gasteiger charge is 2.25. The van der Waals surface area contributed by atoms with E-state index in [1.807, 2.05) is 19.1 Å². The first kappa shape index (κ1) is 22.9. The molecule has 3 aromatic rings. The van der Waals surface area contributed by atoms with E-state index >= 15 is 0 Å². The molecule has 172 valence electrons. The van der Waals surface area contributed by atoms with Gasteiger partial charge in [-0.25, -0.2) is 9.97 Å². The Hall–Kier alpha value is -3.25. The van der Waals surface area contributed by atoms with Crippen LogP contribution < -0.4 is 4.74 Å². The van der Waals surface area contributed by atoms with E-state index < -0.39 is 0 Å². The molecular formula is C27H32N4O2. The fourth-order valence-electron chi connectivity index (χ4n) is 4.57. The lowest BCUT2D eigenvalue weighted by atomic mass is 9.94. The summed E-state index contributed by atoms with van der Waals surface area (Å²) in [6.45, 7) is 4.71. The van der Waals surface area contributed by atoms with E-state index in [-0.39, 0.29) is 11.8 Å². The van der Waals surface area contributed by atoms with Crippen LogP contribution in [0.15, 0.2) is 54.7 Å². The maximum atomic E-state index is 12.3. The number of hydrogen-bond acceptors (Lipinski definition) is 5. The molecule has 2 heterocycles. The molecule has 0 radical (unpaired) electrons. The third kappa shape index (κ3) is 5.06. The number of carbonyl (C=O) groups excluding carboxylic acids is 1. The van der Waals surface area contributed by atoms with Crippen molar-refractivity contribution in [1.82, 2.24) is 19.8 Å². The fraction of sp³-hybridized carbons (Fsp3) is 0.370. The minimum Gasteiger partial charge on any atom is -0.496 e. The monoisotopic (exact) mass is 444 g/mol. The normalized spacial score (nSPS) is 16.4. The Morgan fingerprint density at radius 3 is 2.58 bits per heavy atom. The minimum absolute atomic E-state index is 0.0581. The first-order chi connectivity index (χ1) is 16.0. The lowest BCUT2D eigenvalue weighted by Crippen LogP contribution is -2.35. The zero-order valence-electron chi connectivity index (χ0n) is 19.9. The zero-order chi connectivity index (χ0) is 23.4. The zero-order valence-corrected chi connectivity index (χ0v) is 19.9. The summed E-state index contributed by atoms with van der Waals surface area (Å²) in [5.74, 6) is 1.93. The minimum atomic E-state index is -0.0581. The van der Waals surface area contributed by atoms with Gasteiger partial charge in [-0.05, 0) is 43.5 Å². The second-order valence-corrected chi connectivity index (χ2v) is 8.86. The highest BCUT2D eigenvalue weighted by atomic mass is 16.5. The second kappa shape index (κ2) is 10.1. The average molecular weight is 445 g/mol. The van der Waals surface area contributed by atoms with Gasteiger partial charge in [0.15, 0.2) is 0 Å². The van der Waals surface area contributed by atoms with Crippen LogP contribution in [0.4, 0.5) is 0 Å². The van der Waals surface area contributed by atoms with Crippen LogP contribution in [-0.4, -0.2) is 60.0 Å². The van der Waals surface area contributed by atoms with Gasteiger partial charge in [0, 0.05) is 44.9 Å². The number of benzene rings is 2. The third-order valence-corrected chi connectivity index (χ3v) is 6.31. The maximum Gasteiger partial charge on any atom is 0.256 e. The molecule has 0 aliphatic carbocycles. The molecule has 1 aromatic heterocycles. The van der Waals surface area contributed by atoms with Crippen LogP contribution in [0.2, 0.25) is 0 Å². The van der Waals surface area contributed by atoms with Gasteiger partial charge in [-0.15, -0.1) is 0 Å². The van der Waals surface area contributed by atoms with Gasteiger partial charge in [-0.2, -0.15) is 0 Å². The summed E-state index contributed by atoms with van der Waals surface area (Å²) < 4.78 is 5.61. The van der Waals surface area contributed by atoms with Gasteiger partial charge in [-0.1, -0.05) is 42.5 Å². The predicted molar refractivity (Wildman–Crippen MR) is 130 cm³/mol. The smallest absolute Gasteiger partial charge is 0.256 e. The van der Waals surface area contributed by atoms with Crippen molar-refractivity contribution in [1.29, 1.82) is 0 Å². The quantitative estimate of drug-likeness (QED) is 0.559. The van der Waals surface area contributed by atoms with Crippen molar-refractivity contribution in [3.8, 4) is 16.9 Å².